The average molecular weight is 298 g/mol. The summed E-state index contributed by atoms with van der Waals surface area (Å²) in [7, 11) is 1.57. The summed E-state index contributed by atoms with van der Waals surface area (Å²) in [6, 6.07) is 8.70. The summed E-state index contributed by atoms with van der Waals surface area (Å²) in [4.78, 5) is 0. The van der Waals surface area contributed by atoms with E-state index >= 15 is 0 Å². The summed E-state index contributed by atoms with van der Waals surface area (Å²) < 4.78 is 10.6. The highest BCUT2D eigenvalue weighted by Gasteiger charge is 2.35. The molecule has 0 fully saturated rings. The maximum Gasteiger partial charge on any atom is 0.244 e. The van der Waals surface area contributed by atoms with Crippen LogP contribution in [-0.4, -0.2) is 22.4 Å². The minimum absolute atomic E-state index is 0.0311. The van der Waals surface area contributed by atoms with Gasteiger partial charge in [-0.1, -0.05) is 12.1 Å². The molecule has 2 aromatic rings. The molecule has 1 aromatic carbocycles. The SMILES string of the molecule is COCc1[nH]nc2c1[C@@H](c1ccc(O)cc1)C(C#N)=C(N)O2. The Kier molecular flexibility index (Phi) is 3.45. The van der Waals surface area contributed by atoms with Gasteiger partial charge in [-0.2, -0.15) is 5.26 Å². The lowest BCUT2D eigenvalue weighted by Gasteiger charge is -2.24. The standard InChI is InChI=1S/C15H14N4O3/c1-21-7-11-13-12(8-2-4-9(20)5-3-8)10(6-16)14(17)22-15(13)19-18-11/h2-5,12,20H,7,17H2,1H3,(H,18,19)/t12-/m0/s1. The number of nitrogens with one attached hydrogen (secondary N) is 1. The van der Waals surface area contributed by atoms with Crippen molar-refractivity contribution in [2.24, 2.45) is 5.73 Å². The molecule has 0 amide bonds. The fourth-order valence-electron chi connectivity index (χ4n) is 2.56. The fourth-order valence-corrected chi connectivity index (χ4v) is 2.56. The molecule has 1 atom stereocenters. The first-order valence-corrected chi connectivity index (χ1v) is 6.58. The van der Waals surface area contributed by atoms with Crippen LogP contribution < -0.4 is 10.5 Å². The van der Waals surface area contributed by atoms with E-state index < -0.39 is 5.92 Å². The van der Waals surface area contributed by atoms with Crippen LogP contribution in [0, 0.1) is 11.3 Å². The van der Waals surface area contributed by atoms with Gasteiger partial charge in [0.2, 0.25) is 11.8 Å². The van der Waals surface area contributed by atoms with Gasteiger partial charge in [-0.05, 0) is 17.7 Å². The highest BCUT2D eigenvalue weighted by molar-refractivity contribution is 5.55. The topological polar surface area (TPSA) is 117 Å². The second-order valence-corrected chi connectivity index (χ2v) is 4.87. The molecule has 3 rings (SSSR count). The van der Waals surface area contributed by atoms with E-state index in [0.717, 1.165) is 16.8 Å². The third-order valence-corrected chi connectivity index (χ3v) is 3.53. The minimum atomic E-state index is -0.418. The van der Waals surface area contributed by atoms with Gasteiger partial charge < -0.3 is 20.3 Å². The number of rotatable bonds is 3. The lowest BCUT2D eigenvalue weighted by Crippen LogP contribution is -2.21. The van der Waals surface area contributed by atoms with E-state index in [1.165, 1.54) is 0 Å². The number of allylic oxidation sites excluding steroid dienone is 1. The van der Waals surface area contributed by atoms with Gasteiger partial charge >= 0.3 is 0 Å². The summed E-state index contributed by atoms with van der Waals surface area (Å²) in [5.74, 6) is 0.0965. The largest absolute Gasteiger partial charge is 0.508 e. The predicted octanol–water partition coefficient (Wildman–Crippen LogP) is 1.48. The van der Waals surface area contributed by atoms with Crippen LogP contribution in [-0.2, 0) is 11.3 Å². The van der Waals surface area contributed by atoms with Crippen molar-refractivity contribution < 1.29 is 14.6 Å². The van der Waals surface area contributed by atoms with Gasteiger partial charge in [-0.15, -0.1) is 5.10 Å². The zero-order valence-electron chi connectivity index (χ0n) is 11.8. The van der Waals surface area contributed by atoms with Crippen molar-refractivity contribution in [3.63, 3.8) is 0 Å². The number of H-pyrrole nitrogens is 1. The predicted molar refractivity (Wildman–Crippen MR) is 76.7 cm³/mol. The number of hydrogen-bond acceptors (Lipinski definition) is 6. The molecule has 0 saturated heterocycles. The molecule has 4 N–H and O–H groups in total. The minimum Gasteiger partial charge on any atom is -0.508 e. The molecular weight excluding hydrogens is 284 g/mol. The van der Waals surface area contributed by atoms with Gasteiger partial charge in [0, 0.05) is 7.11 Å². The lowest BCUT2D eigenvalue weighted by atomic mass is 9.84. The number of nitrogens with zero attached hydrogens (tertiary/aromatic N) is 2. The van der Waals surface area contributed by atoms with Crippen LogP contribution in [0.3, 0.4) is 0 Å². The van der Waals surface area contributed by atoms with Crippen molar-refractivity contribution in [3.8, 4) is 17.7 Å². The number of fused-ring (bicyclic) bond motifs is 1. The van der Waals surface area contributed by atoms with Gasteiger partial charge in [0.1, 0.15) is 17.4 Å². The molecule has 0 bridgehead atoms. The number of phenols is 1. The third-order valence-electron chi connectivity index (χ3n) is 3.53. The normalized spacial score (nSPS) is 16.8. The van der Waals surface area contributed by atoms with Crippen molar-refractivity contribution in [2.45, 2.75) is 12.5 Å². The number of aromatic amines is 1. The summed E-state index contributed by atoms with van der Waals surface area (Å²) in [6.07, 6.45) is 0. The smallest absolute Gasteiger partial charge is 0.244 e. The van der Waals surface area contributed by atoms with Crippen LogP contribution in [0.25, 0.3) is 0 Å². The first-order valence-electron chi connectivity index (χ1n) is 6.58. The first-order chi connectivity index (χ1) is 10.7. The van der Waals surface area contributed by atoms with Gasteiger partial charge in [0.05, 0.1) is 23.8 Å². The molecule has 1 aromatic heterocycles. The van der Waals surface area contributed by atoms with E-state index in [4.69, 9.17) is 15.2 Å². The number of aromatic hydroxyl groups is 1. The number of methoxy groups -OCH3 is 1. The van der Waals surface area contributed by atoms with Crippen LogP contribution in [0.2, 0.25) is 0 Å². The van der Waals surface area contributed by atoms with Crippen molar-refractivity contribution >= 4 is 0 Å². The van der Waals surface area contributed by atoms with Gasteiger partial charge in [-0.3, -0.25) is 5.10 Å². The number of hydrogen-bond donors (Lipinski definition) is 3. The van der Waals surface area contributed by atoms with Crippen LogP contribution in [0.5, 0.6) is 11.6 Å². The maximum absolute atomic E-state index is 9.46. The molecule has 0 radical (unpaired) electrons. The summed E-state index contributed by atoms with van der Waals surface area (Å²) in [6.45, 7) is 0.304. The summed E-state index contributed by atoms with van der Waals surface area (Å²) in [5.41, 5.74) is 8.39. The van der Waals surface area contributed by atoms with Gasteiger partial charge in [0.25, 0.3) is 0 Å². The molecule has 0 unspecified atom stereocenters. The van der Waals surface area contributed by atoms with Crippen LogP contribution in [0.1, 0.15) is 22.7 Å². The van der Waals surface area contributed by atoms with Crippen LogP contribution >= 0.6 is 0 Å². The van der Waals surface area contributed by atoms with E-state index in [-0.39, 0.29) is 11.6 Å². The molecule has 2 heterocycles. The van der Waals surface area contributed by atoms with E-state index in [1.54, 1.807) is 31.4 Å². The molecule has 22 heavy (non-hydrogen) atoms. The molecule has 0 spiro atoms. The van der Waals surface area contributed by atoms with Crippen LogP contribution in [0.4, 0.5) is 0 Å². The van der Waals surface area contributed by atoms with Crippen molar-refractivity contribution in [2.75, 3.05) is 7.11 Å². The van der Waals surface area contributed by atoms with E-state index in [1.807, 2.05) is 0 Å². The molecule has 0 saturated carbocycles. The number of nitrogens with two attached hydrogens (primary N) is 1. The number of aromatic nitrogens is 2. The molecule has 1 aliphatic rings. The number of nitriles is 1. The monoisotopic (exact) mass is 298 g/mol. The number of phenolic OH excluding ortho intramolecular Hbond substituents is 1. The van der Waals surface area contributed by atoms with E-state index in [0.29, 0.717) is 18.1 Å². The molecule has 7 nitrogen and oxygen atoms in total. The van der Waals surface area contributed by atoms with Gasteiger partial charge in [0.15, 0.2) is 0 Å². The molecule has 1 aliphatic heterocycles. The molecule has 7 heteroatoms. The Morgan fingerprint density at radius 3 is 2.82 bits per heavy atom. The summed E-state index contributed by atoms with van der Waals surface area (Å²) >= 11 is 0. The van der Waals surface area contributed by atoms with Crippen molar-refractivity contribution in [1.29, 1.82) is 5.26 Å². The Labute approximate surface area is 126 Å². The Morgan fingerprint density at radius 1 is 1.45 bits per heavy atom. The molecule has 112 valence electrons. The van der Waals surface area contributed by atoms with Crippen LogP contribution in [0.15, 0.2) is 35.7 Å². The van der Waals surface area contributed by atoms with E-state index in [9.17, 15) is 10.4 Å². The summed E-state index contributed by atoms with van der Waals surface area (Å²) in [5, 5.41) is 25.9. The Bertz CT molecular complexity index is 771. The average Bonchev–Trinajstić information content (AvgIpc) is 2.90. The Hall–Kier alpha value is -2.98. The number of benzene rings is 1. The quantitative estimate of drug-likeness (QED) is 0.790. The highest BCUT2D eigenvalue weighted by atomic mass is 16.5. The highest BCUT2D eigenvalue weighted by Crippen LogP contribution is 2.43. The third kappa shape index (κ3) is 2.16. The zero-order valence-corrected chi connectivity index (χ0v) is 11.8. The second kappa shape index (κ2) is 5.42. The lowest BCUT2D eigenvalue weighted by molar-refractivity contribution is 0.180. The first kappa shape index (κ1) is 14.0. The molecular formula is C15H14N4O3. The zero-order chi connectivity index (χ0) is 15.7. The van der Waals surface area contributed by atoms with Crippen molar-refractivity contribution in [1.82, 2.24) is 10.2 Å². The fraction of sp³-hybridized carbons (Fsp3) is 0.200. The Balaban J connectivity index is 2.19. The maximum atomic E-state index is 9.46. The van der Waals surface area contributed by atoms with Crippen molar-refractivity contribution in [3.05, 3.63) is 52.5 Å². The van der Waals surface area contributed by atoms with E-state index in [2.05, 4.69) is 16.3 Å². The molecule has 0 aliphatic carbocycles. The Morgan fingerprint density at radius 2 is 2.18 bits per heavy atom. The van der Waals surface area contributed by atoms with Gasteiger partial charge in [-0.25, -0.2) is 0 Å². The number of ether oxygens (including phenoxy) is 2. The second-order valence-electron chi connectivity index (χ2n) is 4.87.